The molecule has 7 nitrogen and oxygen atoms in total. The highest BCUT2D eigenvalue weighted by atomic mass is 35.5. The normalized spacial score (nSPS) is 13.4. The molecule has 2 N–H and O–H groups in total. The molecule has 1 aromatic carbocycles. The van der Waals surface area contributed by atoms with Crippen molar-refractivity contribution in [1.29, 1.82) is 0 Å². The molecule has 21 heavy (non-hydrogen) atoms. The molecule has 1 rings (SSSR count). The molecule has 0 aliphatic heterocycles. The van der Waals surface area contributed by atoms with Gasteiger partial charge in [-0.3, -0.25) is 10.1 Å². The molecule has 0 amide bonds. The number of nitro benzene ring substituents is 1. The molecular formula is C12H17ClN2O5S. The number of benzene rings is 1. The van der Waals surface area contributed by atoms with Gasteiger partial charge in [0.1, 0.15) is 0 Å². The number of hydrogen-bond acceptors (Lipinski definition) is 5. The number of aliphatic hydroxyl groups excluding tert-OH is 1. The van der Waals surface area contributed by atoms with Gasteiger partial charge in [0.15, 0.2) is 0 Å². The van der Waals surface area contributed by atoms with Crippen molar-refractivity contribution in [3.63, 3.8) is 0 Å². The first-order valence-corrected chi connectivity index (χ1v) is 8.04. The maximum atomic E-state index is 12.1. The van der Waals surface area contributed by atoms with Crippen LogP contribution in [-0.2, 0) is 10.0 Å². The average Bonchev–Trinajstić information content (AvgIpc) is 2.38. The van der Waals surface area contributed by atoms with Crippen LogP contribution >= 0.6 is 11.6 Å². The highest BCUT2D eigenvalue weighted by molar-refractivity contribution is 7.89. The molecular weight excluding hydrogens is 320 g/mol. The van der Waals surface area contributed by atoms with Gasteiger partial charge in [-0.25, -0.2) is 13.1 Å². The van der Waals surface area contributed by atoms with Gasteiger partial charge in [0.05, 0.1) is 20.9 Å². The van der Waals surface area contributed by atoms with Crippen molar-refractivity contribution in [1.82, 2.24) is 4.72 Å². The van der Waals surface area contributed by atoms with Gasteiger partial charge in [0.25, 0.3) is 5.69 Å². The lowest BCUT2D eigenvalue weighted by atomic mass is 10.1. The predicted octanol–water partition coefficient (Wildman–Crippen LogP) is 1.85. The van der Waals surface area contributed by atoms with Crippen LogP contribution in [0.25, 0.3) is 0 Å². The van der Waals surface area contributed by atoms with E-state index in [9.17, 15) is 23.6 Å². The van der Waals surface area contributed by atoms with Crippen LogP contribution in [-0.4, -0.2) is 31.1 Å². The molecule has 1 aromatic rings. The number of halogens is 1. The number of rotatable bonds is 6. The van der Waals surface area contributed by atoms with E-state index in [1.54, 1.807) is 13.8 Å². The Bertz CT molecular complexity index is 645. The Balaban J connectivity index is 3.12. The average molecular weight is 337 g/mol. The van der Waals surface area contributed by atoms with Gasteiger partial charge in [0.2, 0.25) is 10.0 Å². The fourth-order valence-electron chi connectivity index (χ4n) is 1.50. The molecule has 1 unspecified atom stereocenters. The summed E-state index contributed by atoms with van der Waals surface area (Å²) >= 11 is 5.84. The van der Waals surface area contributed by atoms with Crippen LogP contribution in [0.3, 0.4) is 0 Å². The van der Waals surface area contributed by atoms with Gasteiger partial charge < -0.3 is 5.11 Å². The maximum Gasteiger partial charge on any atom is 0.275 e. The number of nitrogens with one attached hydrogen (secondary N) is 1. The van der Waals surface area contributed by atoms with Crippen molar-refractivity contribution in [2.75, 3.05) is 6.54 Å². The zero-order chi connectivity index (χ0) is 16.4. The third-order valence-electron chi connectivity index (χ3n) is 3.05. The van der Waals surface area contributed by atoms with Crippen LogP contribution in [0, 0.1) is 23.0 Å². The standard InChI is InChI=1S/C12H17ClN2O5S/c1-7(2)12(16)6-14-21(19,20)9-4-10(13)8(3)11(5-9)15(17)18/h4-5,7,12,14,16H,6H2,1-3H3. The summed E-state index contributed by atoms with van der Waals surface area (Å²) in [6, 6.07) is 2.10. The first-order chi connectivity index (χ1) is 9.56. The zero-order valence-electron chi connectivity index (χ0n) is 11.8. The lowest BCUT2D eigenvalue weighted by molar-refractivity contribution is -0.385. The minimum absolute atomic E-state index is 0.00557. The molecule has 0 aliphatic rings. The van der Waals surface area contributed by atoms with Crippen LogP contribution in [0.2, 0.25) is 5.02 Å². The van der Waals surface area contributed by atoms with Crippen LogP contribution in [0.5, 0.6) is 0 Å². The molecule has 0 radical (unpaired) electrons. The summed E-state index contributed by atoms with van der Waals surface area (Å²) in [5.74, 6) is -0.122. The molecule has 0 saturated carbocycles. The van der Waals surface area contributed by atoms with Crippen LogP contribution in [0.15, 0.2) is 17.0 Å². The molecule has 0 bridgehead atoms. The first-order valence-electron chi connectivity index (χ1n) is 6.18. The smallest absolute Gasteiger partial charge is 0.275 e. The Labute approximate surface area is 128 Å². The van der Waals surface area contributed by atoms with Gasteiger partial charge in [-0.15, -0.1) is 0 Å². The van der Waals surface area contributed by atoms with Gasteiger partial charge in [-0.05, 0) is 18.9 Å². The largest absolute Gasteiger partial charge is 0.391 e. The fraction of sp³-hybridized carbons (Fsp3) is 0.500. The van der Waals surface area contributed by atoms with Crippen molar-refractivity contribution in [3.8, 4) is 0 Å². The second-order valence-electron chi connectivity index (χ2n) is 4.97. The molecule has 0 aromatic heterocycles. The van der Waals surface area contributed by atoms with Crippen molar-refractivity contribution in [3.05, 3.63) is 32.8 Å². The van der Waals surface area contributed by atoms with E-state index < -0.39 is 21.1 Å². The second kappa shape index (κ2) is 6.69. The van der Waals surface area contributed by atoms with Crippen molar-refractivity contribution in [2.24, 2.45) is 5.92 Å². The Kier molecular flexibility index (Phi) is 5.68. The summed E-state index contributed by atoms with van der Waals surface area (Å²) in [5.41, 5.74) is -0.171. The third-order valence-corrected chi connectivity index (χ3v) is 4.85. The minimum Gasteiger partial charge on any atom is -0.391 e. The van der Waals surface area contributed by atoms with Crippen molar-refractivity contribution in [2.45, 2.75) is 31.8 Å². The molecule has 0 heterocycles. The Morgan fingerprint density at radius 1 is 1.43 bits per heavy atom. The fourth-order valence-corrected chi connectivity index (χ4v) is 2.87. The number of sulfonamides is 1. The molecule has 0 spiro atoms. The molecule has 0 fully saturated rings. The van der Waals surface area contributed by atoms with Crippen LogP contribution in [0.1, 0.15) is 19.4 Å². The van der Waals surface area contributed by atoms with Gasteiger partial charge in [-0.2, -0.15) is 0 Å². The summed E-state index contributed by atoms with van der Waals surface area (Å²) in [5, 5.41) is 20.5. The van der Waals surface area contributed by atoms with E-state index in [0.717, 1.165) is 12.1 Å². The Morgan fingerprint density at radius 2 is 2.00 bits per heavy atom. The van der Waals surface area contributed by atoms with Crippen LogP contribution < -0.4 is 4.72 Å². The summed E-state index contributed by atoms with van der Waals surface area (Å²) in [7, 11) is -3.98. The van der Waals surface area contributed by atoms with E-state index in [0.29, 0.717) is 0 Å². The topological polar surface area (TPSA) is 110 Å². The molecule has 1 atom stereocenters. The monoisotopic (exact) mass is 336 g/mol. The number of nitro groups is 1. The summed E-state index contributed by atoms with van der Waals surface area (Å²) in [4.78, 5) is 9.90. The minimum atomic E-state index is -3.98. The van der Waals surface area contributed by atoms with Crippen molar-refractivity contribution < 1.29 is 18.4 Å². The lowest BCUT2D eigenvalue weighted by Crippen LogP contribution is -2.34. The van der Waals surface area contributed by atoms with Crippen LogP contribution in [0.4, 0.5) is 5.69 Å². The maximum absolute atomic E-state index is 12.1. The van der Waals surface area contributed by atoms with E-state index in [-0.39, 0.29) is 33.6 Å². The van der Waals surface area contributed by atoms with Gasteiger partial charge >= 0.3 is 0 Å². The lowest BCUT2D eigenvalue weighted by Gasteiger charge is -2.15. The number of aliphatic hydroxyl groups is 1. The quantitative estimate of drug-likeness (QED) is 0.608. The molecule has 118 valence electrons. The Hall–Kier alpha value is -1.22. The van der Waals surface area contributed by atoms with E-state index >= 15 is 0 Å². The number of nitrogens with zero attached hydrogens (tertiary/aromatic N) is 1. The first kappa shape index (κ1) is 17.8. The van der Waals surface area contributed by atoms with E-state index in [4.69, 9.17) is 11.6 Å². The second-order valence-corrected chi connectivity index (χ2v) is 7.14. The summed E-state index contributed by atoms with van der Waals surface area (Å²) < 4.78 is 26.4. The third kappa shape index (κ3) is 4.37. The highest BCUT2D eigenvalue weighted by Gasteiger charge is 2.23. The van der Waals surface area contributed by atoms with Gasteiger partial charge in [0, 0.05) is 18.2 Å². The molecule has 0 saturated heterocycles. The molecule has 9 heteroatoms. The van der Waals surface area contributed by atoms with E-state index in [2.05, 4.69) is 4.72 Å². The van der Waals surface area contributed by atoms with E-state index in [1.807, 2.05) is 0 Å². The SMILES string of the molecule is Cc1c(Cl)cc(S(=O)(=O)NCC(O)C(C)C)cc1[N+](=O)[O-]. The van der Waals surface area contributed by atoms with Gasteiger partial charge in [-0.1, -0.05) is 25.4 Å². The predicted molar refractivity (Wildman–Crippen MR) is 78.9 cm³/mol. The molecule has 0 aliphatic carbocycles. The van der Waals surface area contributed by atoms with Crippen molar-refractivity contribution >= 4 is 27.3 Å². The highest BCUT2D eigenvalue weighted by Crippen LogP contribution is 2.29. The van der Waals surface area contributed by atoms with E-state index in [1.165, 1.54) is 6.92 Å². The Morgan fingerprint density at radius 3 is 2.48 bits per heavy atom. The number of hydrogen-bond donors (Lipinski definition) is 2. The summed E-state index contributed by atoms with van der Waals surface area (Å²) in [6.45, 7) is 4.74. The summed E-state index contributed by atoms with van der Waals surface area (Å²) in [6.07, 6.45) is -0.851. The zero-order valence-corrected chi connectivity index (χ0v) is 13.4.